The largest absolute Gasteiger partial charge is 0.538 e. The Morgan fingerprint density at radius 1 is 1.28 bits per heavy atom. The van der Waals surface area contributed by atoms with E-state index in [0.29, 0.717) is 16.3 Å². The number of rotatable bonds is 7. The van der Waals surface area contributed by atoms with Crippen LogP contribution in [0.4, 0.5) is 5.00 Å². The third kappa shape index (κ3) is 5.14. The molecule has 0 aliphatic carbocycles. The van der Waals surface area contributed by atoms with Gasteiger partial charge < -0.3 is 14.9 Å². The molecule has 0 atom stereocenters. The van der Waals surface area contributed by atoms with Crippen molar-refractivity contribution in [2.75, 3.05) is 17.6 Å². The van der Waals surface area contributed by atoms with Gasteiger partial charge >= 0.3 is 0 Å². The summed E-state index contributed by atoms with van der Waals surface area (Å²) in [5.41, 5.74) is 4.56. The van der Waals surface area contributed by atoms with Crippen LogP contribution >= 0.6 is 23.1 Å². The first-order valence-electron chi connectivity index (χ1n) is 11.4. The van der Waals surface area contributed by atoms with Crippen LogP contribution < -0.4 is 15.1 Å². The zero-order valence-corrected chi connectivity index (χ0v) is 21.2. The molecule has 8 nitrogen and oxygen atoms in total. The fraction of sp³-hybridized carbons (Fsp3) is 0.231. The minimum atomic E-state index is -0.601. The number of aromatic nitrogens is 2. The third-order valence-corrected chi connectivity index (χ3v) is 8.09. The summed E-state index contributed by atoms with van der Waals surface area (Å²) in [6.45, 7) is 4.41. The number of carbonyl (C=O) groups excluding carboxylic acids is 1. The molecule has 0 saturated carbocycles. The number of benzene rings is 2. The van der Waals surface area contributed by atoms with Crippen LogP contribution in [-0.4, -0.2) is 28.4 Å². The maximum atomic E-state index is 12.8. The molecule has 1 amide bonds. The van der Waals surface area contributed by atoms with Crippen molar-refractivity contribution in [2.45, 2.75) is 31.5 Å². The second-order valence-corrected chi connectivity index (χ2v) is 10.6. The number of anilines is 1. The van der Waals surface area contributed by atoms with E-state index in [-0.39, 0.29) is 16.7 Å². The maximum Gasteiger partial charge on any atom is 0.298 e. The average Bonchev–Trinajstić information content (AvgIpc) is 3.42. The second-order valence-electron chi connectivity index (χ2n) is 8.52. The molecule has 10 heteroatoms. The molecule has 0 radical (unpaired) electrons. The summed E-state index contributed by atoms with van der Waals surface area (Å²) in [6, 6.07) is 20.1. The molecular formula is C26H23N5O3S2. The summed E-state index contributed by atoms with van der Waals surface area (Å²) in [5, 5.41) is 29.5. The lowest BCUT2D eigenvalue weighted by Gasteiger charge is -2.26. The van der Waals surface area contributed by atoms with Crippen molar-refractivity contribution >= 4 is 34.0 Å². The number of nitrogens with zero attached hydrogens (tertiary/aromatic N) is 4. The van der Waals surface area contributed by atoms with E-state index < -0.39 is 5.95 Å². The van der Waals surface area contributed by atoms with Gasteiger partial charge in [-0.2, -0.15) is 5.26 Å². The van der Waals surface area contributed by atoms with E-state index in [0.717, 1.165) is 53.8 Å². The minimum absolute atomic E-state index is 0.0180. The number of aryl methyl sites for hydroxylation is 1. The molecule has 1 aliphatic heterocycles. The minimum Gasteiger partial charge on any atom is -0.538 e. The molecule has 0 saturated heterocycles. The maximum absolute atomic E-state index is 12.8. The van der Waals surface area contributed by atoms with Gasteiger partial charge in [-0.1, -0.05) is 48.0 Å². The van der Waals surface area contributed by atoms with Crippen LogP contribution in [0.2, 0.25) is 0 Å². The van der Waals surface area contributed by atoms with Crippen LogP contribution in [0.5, 0.6) is 5.95 Å². The van der Waals surface area contributed by atoms with E-state index in [9.17, 15) is 15.2 Å². The second kappa shape index (κ2) is 10.5. The molecule has 2 aromatic heterocycles. The molecule has 1 aliphatic rings. The molecule has 0 bridgehead atoms. The Balaban J connectivity index is 1.26. The Morgan fingerprint density at radius 2 is 2.06 bits per heavy atom. The van der Waals surface area contributed by atoms with Gasteiger partial charge in [-0.3, -0.25) is 9.69 Å². The molecular weight excluding hydrogens is 494 g/mol. The molecule has 182 valence electrons. The molecule has 4 aromatic rings. The van der Waals surface area contributed by atoms with Crippen LogP contribution in [0.3, 0.4) is 0 Å². The van der Waals surface area contributed by atoms with Gasteiger partial charge in [0.1, 0.15) is 11.1 Å². The summed E-state index contributed by atoms with van der Waals surface area (Å²) >= 11 is 2.51. The number of carbonyl (C=O) groups is 1. The molecule has 0 spiro atoms. The number of nitrogens with one attached hydrogen (secondary N) is 1. The lowest BCUT2D eigenvalue weighted by Crippen LogP contribution is -2.35. The number of amides is 1. The zero-order valence-electron chi connectivity index (χ0n) is 19.6. The molecule has 2 aromatic carbocycles. The van der Waals surface area contributed by atoms with Crippen molar-refractivity contribution in [3.8, 4) is 17.7 Å². The number of hydrogen-bond acceptors (Lipinski definition) is 8. The highest BCUT2D eigenvalue weighted by molar-refractivity contribution is 7.99. The van der Waals surface area contributed by atoms with Gasteiger partial charge in [0, 0.05) is 36.6 Å². The first-order valence-corrected chi connectivity index (χ1v) is 13.2. The van der Waals surface area contributed by atoms with E-state index in [1.54, 1.807) is 0 Å². The highest BCUT2D eigenvalue weighted by atomic mass is 32.2. The summed E-state index contributed by atoms with van der Waals surface area (Å²) in [7, 11) is 0. The van der Waals surface area contributed by atoms with Crippen molar-refractivity contribution in [3.05, 3.63) is 81.7 Å². The zero-order chi connectivity index (χ0) is 25.1. The smallest absolute Gasteiger partial charge is 0.298 e. The summed E-state index contributed by atoms with van der Waals surface area (Å²) in [5.74, 6) is -0.918. The summed E-state index contributed by atoms with van der Waals surface area (Å²) in [4.78, 5) is 16.2. The normalized spacial score (nSPS) is 13.2. The van der Waals surface area contributed by atoms with E-state index >= 15 is 0 Å². The number of thioether (sulfide) groups is 1. The standard InChI is InChI=1S/C26H23N5O3S2/c1-17-7-9-19(10-8-17)31-25(26(33)34-29-31)35-16-23(32)28-24-21(13-27)20-11-12-30(15-22(20)36-24)14-18-5-3-2-4-6-18/h2-10H,11-12,14-16H2,1H3,(H-,28,29,32,33). The van der Waals surface area contributed by atoms with E-state index in [4.69, 9.17) is 4.52 Å². The molecule has 0 fully saturated rings. The van der Waals surface area contributed by atoms with Gasteiger partial charge in [0.25, 0.3) is 5.03 Å². The van der Waals surface area contributed by atoms with Crippen LogP contribution in [0, 0.1) is 18.3 Å². The monoisotopic (exact) mass is 517 g/mol. The van der Waals surface area contributed by atoms with Crippen LogP contribution in [0.15, 0.2) is 64.1 Å². The lowest BCUT2D eigenvalue weighted by atomic mass is 10.0. The predicted octanol–water partition coefficient (Wildman–Crippen LogP) is 3.56. The van der Waals surface area contributed by atoms with E-state index in [2.05, 4.69) is 33.7 Å². The van der Waals surface area contributed by atoms with Gasteiger partial charge in [0.2, 0.25) is 11.6 Å². The predicted molar refractivity (Wildman–Crippen MR) is 135 cm³/mol. The average molecular weight is 518 g/mol. The van der Waals surface area contributed by atoms with Crippen LogP contribution in [0.1, 0.15) is 27.1 Å². The number of nitriles is 1. The Labute approximate surface area is 216 Å². The van der Waals surface area contributed by atoms with Gasteiger partial charge in [0.15, 0.2) is 5.95 Å². The molecule has 5 rings (SSSR count). The van der Waals surface area contributed by atoms with Gasteiger partial charge in [-0.05, 0) is 40.9 Å². The quantitative estimate of drug-likeness (QED) is 0.295. The molecule has 1 N–H and O–H groups in total. The highest BCUT2D eigenvalue weighted by Crippen LogP contribution is 2.37. The Hall–Kier alpha value is -3.65. The first kappa shape index (κ1) is 24.1. The van der Waals surface area contributed by atoms with Gasteiger partial charge in [0.05, 0.1) is 16.6 Å². The van der Waals surface area contributed by atoms with Gasteiger partial charge in [-0.25, -0.2) is 0 Å². The van der Waals surface area contributed by atoms with Crippen molar-refractivity contribution in [3.63, 3.8) is 0 Å². The van der Waals surface area contributed by atoms with E-state index in [1.165, 1.54) is 21.6 Å². The lowest BCUT2D eigenvalue weighted by molar-refractivity contribution is -0.705. The molecule has 3 heterocycles. The topological polar surface area (TPSA) is 109 Å². The Bertz CT molecular complexity index is 1420. The Kier molecular flexibility index (Phi) is 7.04. The fourth-order valence-corrected chi connectivity index (χ4v) is 6.16. The van der Waals surface area contributed by atoms with Gasteiger partial charge in [-0.15, -0.1) is 11.3 Å². The van der Waals surface area contributed by atoms with E-state index in [1.807, 2.05) is 49.4 Å². The fourth-order valence-electron chi connectivity index (χ4n) is 4.15. The molecule has 36 heavy (non-hydrogen) atoms. The highest BCUT2D eigenvalue weighted by Gasteiger charge is 2.26. The SMILES string of the molecule is Cc1ccc(-[n+]2noc([O-])c2SCC(=O)Nc2sc3c(c2C#N)CCN(Cc2ccccc2)C3)cc1. The Morgan fingerprint density at radius 3 is 2.81 bits per heavy atom. The van der Waals surface area contributed by atoms with Crippen molar-refractivity contribution in [1.29, 1.82) is 5.26 Å². The first-order chi connectivity index (χ1) is 17.5. The number of hydrogen-bond donors (Lipinski definition) is 1. The number of thiophene rings is 1. The van der Waals surface area contributed by atoms with Crippen molar-refractivity contribution in [1.82, 2.24) is 10.2 Å². The third-order valence-electron chi connectivity index (χ3n) is 5.94. The van der Waals surface area contributed by atoms with Crippen LogP contribution in [-0.2, 0) is 24.3 Å². The van der Waals surface area contributed by atoms with Crippen LogP contribution in [0.25, 0.3) is 5.69 Å². The molecule has 0 unspecified atom stereocenters. The number of fused-ring (bicyclic) bond motifs is 1. The summed E-state index contributed by atoms with van der Waals surface area (Å²) in [6.07, 6.45) is 0.767. The summed E-state index contributed by atoms with van der Waals surface area (Å²) < 4.78 is 6.23. The van der Waals surface area contributed by atoms with Crippen molar-refractivity contribution < 1.29 is 19.1 Å². The van der Waals surface area contributed by atoms with Crippen molar-refractivity contribution in [2.24, 2.45) is 0 Å².